The zero-order valence-corrected chi connectivity index (χ0v) is 16.2. The fourth-order valence-corrected chi connectivity index (χ4v) is 4.91. The zero-order chi connectivity index (χ0) is 18.6. The van der Waals surface area contributed by atoms with Crippen LogP contribution in [0.1, 0.15) is 32.8 Å². The Labute approximate surface area is 152 Å². The van der Waals surface area contributed by atoms with Crippen LogP contribution >= 0.6 is 11.6 Å². The molecule has 2 aromatic rings. The first-order valence-corrected chi connectivity index (χ1v) is 10.4. The Bertz CT molecular complexity index is 925. The number of fused-ring (bicyclic) bond motifs is 1. The van der Waals surface area contributed by atoms with E-state index < -0.39 is 15.4 Å². The molecule has 0 radical (unpaired) electrons. The summed E-state index contributed by atoms with van der Waals surface area (Å²) in [6.45, 7) is 5.67. The topological polar surface area (TPSA) is 95.2 Å². The van der Waals surface area contributed by atoms with Gasteiger partial charge in [0.2, 0.25) is 5.88 Å². The maximum Gasteiger partial charge on any atom is 0.223 e. The summed E-state index contributed by atoms with van der Waals surface area (Å²) >= 11 is 6.05. The smallest absolute Gasteiger partial charge is 0.223 e. The van der Waals surface area contributed by atoms with Gasteiger partial charge in [0, 0.05) is 36.5 Å². The minimum atomic E-state index is -3.06. The molecule has 1 aliphatic rings. The summed E-state index contributed by atoms with van der Waals surface area (Å²) in [6, 6.07) is 1.75. The molecule has 136 valence electrons. The van der Waals surface area contributed by atoms with Crippen molar-refractivity contribution in [1.82, 2.24) is 9.97 Å². The summed E-state index contributed by atoms with van der Waals surface area (Å²) in [5, 5.41) is 1.56. The fraction of sp³-hybridized carbons (Fsp3) is 0.529. The van der Waals surface area contributed by atoms with E-state index in [1.807, 2.05) is 20.8 Å². The Morgan fingerprint density at radius 3 is 2.52 bits per heavy atom. The number of aromatic nitrogens is 2. The van der Waals surface area contributed by atoms with Crippen LogP contribution < -0.4 is 10.5 Å². The summed E-state index contributed by atoms with van der Waals surface area (Å²) in [5.41, 5.74) is 6.48. The molecule has 1 fully saturated rings. The van der Waals surface area contributed by atoms with Gasteiger partial charge in [0.15, 0.2) is 9.84 Å². The number of halogens is 1. The third kappa shape index (κ3) is 3.45. The van der Waals surface area contributed by atoms with Crippen molar-refractivity contribution in [2.45, 2.75) is 44.1 Å². The normalized spacial score (nSPS) is 24.2. The van der Waals surface area contributed by atoms with E-state index in [0.29, 0.717) is 17.5 Å². The summed E-state index contributed by atoms with van der Waals surface area (Å²) in [7, 11) is -3.06. The van der Waals surface area contributed by atoms with Gasteiger partial charge in [-0.3, -0.25) is 0 Å². The lowest BCUT2D eigenvalue weighted by Gasteiger charge is -2.40. The van der Waals surface area contributed by atoms with Crippen molar-refractivity contribution < 1.29 is 13.2 Å². The van der Waals surface area contributed by atoms with Crippen LogP contribution in [0.5, 0.6) is 5.88 Å². The van der Waals surface area contributed by atoms with E-state index in [0.717, 1.165) is 16.3 Å². The van der Waals surface area contributed by atoms with E-state index in [1.165, 1.54) is 6.26 Å². The van der Waals surface area contributed by atoms with Crippen molar-refractivity contribution in [2.75, 3.05) is 6.26 Å². The molecule has 0 amide bonds. The zero-order valence-electron chi connectivity index (χ0n) is 14.7. The largest absolute Gasteiger partial charge is 0.473 e. The van der Waals surface area contributed by atoms with Gasteiger partial charge in [-0.25, -0.2) is 18.4 Å². The molecule has 1 aliphatic carbocycles. The predicted molar refractivity (Wildman–Crippen MR) is 98.6 cm³/mol. The Hall–Kier alpha value is -1.44. The Morgan fingerprint density at radius 2 is 1.96 bits per heavy atom. The summed E-state index contributed by atoms with van der Waals surface area (Å²) in [6.07, 6.45) is 4.84. The van der Waals surface area contributed by atoms with E-state index in [9.17, 15) is 8.42 Å². The fourth-order valence-electron chi connectivity index (χ4n) is 3.26. The number of sulfone groups is 1. The molecule has 6 nitrogen and oxygen atoms in total. The molecule has 2 aromatic heterocycles. The SMILES string of the molecule is CC1[C@H](Oc2ncc(C(C)(C)N)c3cc(Cl)ncc23)C[C@@H]1S(C)(=O)=O. The van der Waals surface area contributed by atoms with Crippen molar-refractivity contribution in [1.29, 1.82) is 0 Å². The second-order valence-electron chi connectivity index (χ2n) is 7.37. The molecule has 0 spiro atoms. The van der Waals surface area contributed by atoms with Crippen molar-refractivity contribution in [3.8, 4) is 5.88 Å². The highest BCUT2D eigenvalue weighted by atomic mass is 35.5. The van der Waals surface area contributed by atoms with Gasteiger partial charge in [-0.15, -0.1) is 0 Å². The second-order valence-corrected chi connectivity index (χ2v) is 10.0. The van der Waals surface area contributed by atoms with Crippen molar-refractivity contribution in [2.24, 2.45) is 11.7 Å². The molecule has 2 N–H and O–H groups in total. The minimum Gasteiger partial charge on any atom is -0.473 e. The quantitative estimate of drug-likeness (QED) is 0.815. The number of hydrogen-bond donors (Lipinski definition) is 1. The van der Waals surface area contributed by atoms with Gasteiger partial charge >= 0.3 is 0 Å². The lowest BCUT2D eigenvalue weighted by molar-refractivity contribution is 0.0589. The molecular formula is C17H22ClN3O3S. The first kappa shape index (κ1) is 18.4. The third-order valence-electron chi connectivity index (χ3n) is 4.85. The molecule has 1 saturated carbocycles. The lowest BCUT2D eigenvalue weighted by atomic mass is 9.82. The third-order valence-corrected chi connectivity index (χ3v) is 6.78. The van der Waals surface area contributed by atoms with Crippen molar-refractivity contribution in [3.05, 3.63) is 29.2 Å². The molecule has 8 heteroatoms. The summed E-state index contributed by atoms with van der Waals surface area (Å²) in [4.78, 5) is 8.54. The Balaban J connectivity index is 1.97. The second kappa shape index (κ2) is 6.07. The maximum atomic E-state index is 11.7. The average molecular weight is 384 g/mol. The van der Waals surface area contributed by atoms with Crippen LogP contribution in [-0.2, 0) is 15.4 Å². The number of pyridine rings is 2. The Kier molecular flexibility index (Phi) is 4.46. The van der Waals surface area contributed by atoms with Crippen LogP contribution in [0.2, 0.25) is 5.15 Å². The van der Waals surface area contributed by atoms with E-state index in [4.69, 9.17) is 22.1 Å². The Morgan fingerprint density at radius 1 is 1.28 bits per heavy atom. The number of nitrogens with zero attached hydrogens (tertiary/aromatic N) is 2. The molecule has 0 aromatic carbocycles. The standard InChI is InChI=1S/C17H22ClN3O3S/c1-9-13(6-14(9)25(4,22)23)24-16-11-7-20-15(18)5-10(11)12(8-21-16)17(2,3)19/h5,7-9,13-14H,6,19H2,1-4H3/t9?,13-,14+/m1/s1. The van der Waals surface area contributed by atoms with Gasteiger partial charge in [0.05, 0.1) is 10.6 Å². The van der Waals surface area contributed by atoms with Gasteiger partial charge in [0.25, 0.3) is 0 Å². The first-order chi connectivity index (χ1) is 11.5. The number of rotatable bonds is 4. The summed E-state index contributed by atoms with van der Waals surface area (Å²) < 4.78 is 29.4. The molecule has 0 bridgehead atoms. The molecule has 1 unspecified atom stereocenters. The lowest BCUT2D eigenvalue weighted by Crippen LogP contribution is -2.51. The van der Waals surface area contributed by atoms with Gasteiger partial charge in [-0.2, -0.15) is 0 Å². The molecule has 2 heterocycles. The van der Waals surface area contributed by atoms with Crippen LogP contribution in [0, 0.1) is 5.92 Å². The first-order valence-electron chi connectivity index (χ1n) is 8.07. The van der Waals surface area contributed by atoms with Crippen LogP contribution in [0.4, 0.5) is 0 Å². The molecule has 0 aliphatic heterocycles. The molecular weight excluding hydrogens is 362 g/mol. The van der Waals surface area contributed by atoms with E-state index >= 15 is 0 Å². The van der Waals surface area contributed by atoms with Gasteiger partial charge in [0.1, 0.15) is 11.3 Å². The number of nitrogens with two attached hydrogens (primary N) is 1. The monoisotopic (exact) mass is 383 g/mol. The van der Waals surface area contributed by atoms with E-state index in [1.54, 1.807) is 18.5 Å². The van der Waals surface area contributed by atoms with Crippen LogP contribution in [0.3, 0.4) is 0 Å². The van der Waals surface area contributed by atoms with Crippen molar-refractivity contribution >= 4 is 32.2 Å². The van der Waals surface area contributed by atoms with Crippen LogP contribution in [0.15, 0.2) is 18.5 Å². The predicted octanol–water partition coefficient (Wildman–Crippen LogP) is 2.68. The van der Waals surface area contributed by atoms with E-state index in [-0.39, 0.29) is 17.3 Å². The number of ether oxygens (including phenoxy) is 1. The highest BCUT2D eigenvalue weighted by Crippen LogP contribution is 2.38. The van der Waals surface area contributed by atoms with Crippen LogP contribution in [-0.4, -0.2) is 36.0 Å². The van der Waals surface area contributed by atoms with Gasteiger partial charge in [-0.05, 0) is 30.9 Å². The minimum absolute atomic E-state index is 0.0854. The van der Waals surface area contributed by atoms with Crippen molar-refractivity contribution in [3.63, 3.8) is 0 Å². The molecule has 3 atom stereocenters. The average Bonchev–Trinajstić information content (AvgIpc) is 2.47. The molecule has 3 rings (SSSR count). The summed E-state index contributed by atoms with van der Waals surface area (Å²) in [5.74, 6) is 0.341. The van der Waals surface area contributed by atoms with Gasteiger partial charge < -0.3 is 10.5 Å². The van der Waals surface area contributed by atoms with Gasteiger partial charge in [-0.1, -0.05) is 18.5 Å². The molecule has 25 heavy (non-hydrogen) atoms. The number of hydrogen-bond acceptors (Lipinski definition) is 6. The highest BCUT2D eigenvalue weighted by Gasteiger charge is 2.45. The van der Waals surface area contributed by atoms with Crippen LogP contribution in [0.25, 0.3) is 10.8 Å². The highest BCUT2D eigenvalue weighted by molar-refractivity contribution is 7.91. The van der Waals surface area contributed by atoms with E-state index in [2.05, 4.69) is 9.97 Å². The maximum absolute atomic E-state index is 11.7. The molecule has 0 saturated heterocycles.